The number of carbonyl (C=O) groups excluding carboxylic acids is 1. The quantitative estimate of drug-likeness (QED) is 0.599. The Morgan fingerprint density at radius 1 is 1.00 bits per heavy atom. The van der Waals surface area contributed by atoms with Crippen LogP contribution in [0.1, 0.15) is 71.6 Å². The molecule has 1 aliphatic heterocycles. The van der Waals surface area contributed by atoms with Crippen molar-refractivity contribution in [2.45, 2.75) is 88.9 Å². The minimum Gasteiger partial charge on any atom is -0.458 e. The fraction of sp³-hybridized carbons (Fsp3) is 0.870. The normalized spacial score (nSPS) is 55.8. The summed E-state index contributed by atoms with van der Waals surface area (Å²) in [7, 11) is 0. The molecule has 0 bridgehead atoms. The molecule has 0 amide bonds. The van der Waals surface area contributed by atoms with Crippen LogP contribution in [0.15, 0.2) is 11.6 Å². The maximum Gasteiger partial charge on any atom is 0.331 e. The van der Waals surface area contributed by atoms with Crippen LogP contribution in [-0.2, 0) is 9.53 Å². The highest BCUT2D eigenvalue weighted by Crippen LogP contribution is 2.70. The molecular weight excluding hydrogens is 356 g/mol. The number of rotatable bonds is 1. The Morgan fingerprint density at radius 2 is 1.79 bits per heavy atom. The molecule has 0 aromatic carbocycles. The van der Waals surface area contributed by atoms with Gasteiger partial charge in [0, 0.05) is 17.1 Å². The van der Waals surface area contributed by atoms with E-state index in [-0.39, 0.29) is 30.0 Å². The Hall–Kier alpha value is -0.910. The molecule has 5 nitrogen and oxygen atoms in total. The minimum atomic E-state index is -1.17. The second kappa shape index (κ2) is 5.83. The van der Waals surface area contributed by atoms with Gasteiger partial charge in [0.15, 0.2) is 0 Å². The Labute approximate surface area is 167 Å². The van der Waals surface area contributed by atoms with E-state index in [2.05, 4.69) is 6.92 Å². The molecule has 5 heteroatoms. The van der Waals surface area contributed by atoms with Gasteiger partial charge in [0.2, 0.25) is 0 Å². The number of aliphatic hydroxyl groups is 3. The van der Waals surface area contributed by atoms with Crippen molar-refractivity contribution in [2.75, 3.05) is 6.61 Å². The second-order valence-corrected chi connectivity index (χ2v) is 10.9. The highest BCUT2D eigenvalue weighted by Gasteiger charge is 2.72. The number of cyclic esters (lactones) is 1. The van der Waals surface area contributed by atoms with Gasteiger partial charge in [-0.1, -0.05) is 13.8 Å². The zero-order valence-corrected chi connectivity index (χ0v) is 17.1. The van der Waals surface area contributed by atoms with Crippen molar-refractivity contribution >= 4 is 5.97 Å². The molecule has 0 unspecified atom stereocenters. The molecule has 0 spiro atoms. The number of hydrogen-bond donors (Lipinski definition) is 3. The van der Waals surface area contributed by atoms with E-state index >= 15 is 0 Å². The Morgan fingerprint density at radius 3 is 2.50 bits per heavy atom. The number of esters is 1. The average molecular weight is 391 g/mol. The van der Waals surface area contributed by atoms with Crippen LogP contribution in [0.5, 0.6) is 0 Å². The Bertz CT molecular complexity index is 733. The molecule has 4 fully saturated rings. The van der Waals surface area contributed by atoms with Gasteiger partial charge in [-0.25, -0.2) is 4.79 Å². The molecule has 4 saturated carbocycles. The first-order valence-corrected chi connectivity index (χ1v) is 11.1. The molecule has 28 heavy (non-hydrogen) atoms. The predicted octanol–water partition coefficient (Wildman–Crippen LogP) is 2.72. The van der Waals surface area contributed by atoms with E-state index in [0.29, 0.717) is 30.3 Å². The van der Waals surface area contributed by atoms with E-state index in [1.807, 2.05) is 6.92 Å². The number of fused-ring (bicyclic) bond motifs is 5. The molecule has 5 aliphatic rings. The Kier molecular flexibility index (Phi) is 3.97. The van der Waals surface area contributed by atoms with Crippen LogP contribution >= 0.6 is 0 Å². The molecular formula is C23H34O5. The smallest absolute Gasteiger partial charge is 0.331 e. The third kappa shape index (κ3) is 2.16. The van der Waals surface area contributed by atoms with Gasteiger partial charge in [-0.15, -0.1) is 0 Å². The van der Waals surface area contributed by atoms with Gasteiger partial charge >= 0.3 is 5.97 Å². The molecule has 5 rings (SSSR count). The van der Waals surface area contributed by atoms with Crippen LogP contribution < -0.4 is 0 Å². The van der Waals surface area contributed by atoms with E-state index in [4.69, 9.17) is 4.74 Å². The third-order valence-corrected chi connectivity index (χ3v) is 10.2. The highest BCUT2D eigenvalue weighted by atomic mass is 16.5. The molecule has 1 heterocycles. The van der Waals surface area contributed by atoms with Crippen molar-refractivity contribution in [1.82, 2.24) is 0 Å². The molecule has 3 N–H and O–H groups in total. The van der Waals surface area contributed by atoms with Crippen molar-refractivity contribution in [2.24, 2.45) is 28.6 Å². The maximum absolute atomic E-state index is 12.1. The van der Waals surface area contributed by atoms with Crippen molar-refractivity contribution in [3.05, 3.63) is 11.6 Å². The lowest BCUT2D eigenvalue weighted by Crippen LogP contribution is -2.65. The van der Waals surface area contributed by atoms with E-state index in [9.17, 15) is 20.1 Å². The molecule has 0 aromatic heterocycles. The summed E-state index contributed by atoms with van der Waals surface area (Å²) in [4.78, 5) is 11.7. The summed E-state index contributed by atoms with van der Waals surface area (Å²) in [5.74, 6) is 0.768. The van der Waals surface area contributed by atoms with Crippen molar-refractivity contribution in [3.8, 4) is 0 Å². The van der Waals surface area contributed by atoms with Crippen LogP contribution in [0.4, 0.5) is 0 Å². The Balaban J connectivity index is 1.51. The lowest BCUT2D eigenvalue weighted by Gasteiger charge is -2.64. The fourth-order valence-corrected chi connectivity index (χ4v) is 8.35. The van der Waals surface area contributed by atoms with Crippen molar-refractivity contribution in [1.29, 1.82) is 0 Å². The summed E-state index contributed by atoms with van der Waals surface area (Å²) >= 11 is 0. The van der Waals surface area contributed by atoms with Gasteiger partial charge in [-0.05, 0) is 81.0 Å². The standard InChI is InChI=1S/C23H34O5/c1-20-7-5-16(24)11-14(20)3-4-18-17(20)6-8-21(2)22(26,9-10-23(18,21)27)15-12-19(25)28-13-15/h12,14,16-18,24,26-27H,3-11,13H2,1-2H3/t14-,16-,17+,18-,20-,21+,22+,23-/m0/s1. The predicted molar refractivity (Wildman–Crippen MR) is 103 cm³/mol. The average Bonchev–Trinajstić information content (AvgIpc) is 3.18. The maximum atomic E-state index is 12.1. The molecule has 0 saturated heterocycles. The van der Waals surface area contributed by atoms with Crippen LogP contribution in [-0.4, -0.2) is 45.2 Å². The third-order valence-electron chi connectivity index (χ3n) is 10.2. The fourth-order valence-electron chi connectivity index (χ4n) is 8.35. The number of ether oxygens (including phenoxy) is 1. The summed E-state index contributed by atoms with van der Waals surface area (Å²) in [6.07, 6.45) is 8.91. The lowest BCUT2D eigenvalue weighted by molar-refractivity contribution is -0.229. The van der Waals surface area contributed by atoms with Crippen molar-refractivity contribution < 1.29 is 24.9 Å². The van der Waals surface area contributed by atoms with Gasteiger partial charge in [-0.3, -0.25) is 0 Å². The number of carbonyl (C=O) groups is 1. The zero-order valence-electron chi connectivity index (χ0n) is 17.1. The number of aliphatic hydroxyl groups excluding tert-OH is 1. The first-order valence-electron chi connectivity index (χ1n) is 11.1. The van der Waals surface area contributed by atoms with E-state index in [0.717, 1.165) is 44.9 Å². The monoisotopic (exact) mass is 390 g/mol. The molecule has 0 radical (unpaired) electrons. The molecule has 156 valence electrons. The summed E-state index contributed by atoms with van der Waals surface area (Å²) in [6, 6.07) is 0. The van der Waals surface area contributed by atoms with Crippen LogP contribution in [0.25, 0.3) is 0 Å². The largest absolute Gasteiger partial charge is 0.458 e. The zero-order chi connectivity index (χ0) is 19.9. The lowest BCUT2D eigenvalue weighted by atomic mass is 9.42. The summed E-state index contributed by atoms with van der Waals surface area (Å²) in [5.41, 5.74) is -1.92. The van der Waals surface area contributed by atoms with Crippen molar-refractivity contribution in [3.63, 3.8) is 0 Å². The van der Waals surface area contributed by atoms with Gasteiger partial charge in [0.25, 0.3) is 0 Å². The topological polar surface area (TPSA) is 87.0 Å². The van der Waals surface area contributed by atoms with E-state index in [1.54, 1.807) is 0 Å². The van der Waals surface area contributed by atoms with Gasteiger partial charge < -0.3 is 20.1 Å². The number of hydrogen-bond acceptors (Lipinski definition) is 5. The SMILES string of the molecule is C[C@]12CC[C@H](O)C[C@@H]1CC[C@H]1[C@H]2CC[C@]2(C)[C@](O)(C3=CC(=O)OC3)CC[C@]12O. The van der Waals surface area contributed by atoms with E-state index in [1.165, 1.54) is 6.08 Å². The van der Waals surface area contributed by atoms with Crippen LogP contribution in [0.3, 0.4) is 0 Å². The summed E-state index contributed by atoms with van der Waals surface area (Å²) in [5, 5.41) is 34.1. The first kappa shape index (κ1) is 19.1. The van der Waals surface area contributed by atoms with Crippen LogP contribution in [0, 0.1) is 28.6 Å². The first-order chi connectivity index (χ1) is 13.1. The minimum absolute atomic E-state index is 0.146. The summed E-state index contributed by atoms with van der Waals surface area (Å²) in [6.45, 7) is 4.57. The molecule has 0 aromatic rings. The van der Waals surface area contributed by atoms with E-state index < -0.39 is 16.6 Å². The summed E-state index contributed by atoms with van der Waals surface area (Å²) < 4.78 is 5.11. The van der Waals surface area contributed by atoms with Crippen LogP contribution in [0.2, 0.25) is 0 Å². The molecule has 8 atom stereocenters. The van der Waals surface area contributed by atoms with Gasteiger partial charge in [-0.2, -0.15) is 0 Å². The van der Waals surface area contributed by atoms with Gasteiger partial charge in [0.05, 0.1) is 17.3 Å². The second-order valence-electron chi connectivity index (χ2n) is 10.9. The molecule has 4 aliphatic carbocycles. The van der Waals surface area contributed by atoms with Gasteiger partial charge in [0.1, 0.15) is 6.61 Å². The highest BCUT2D eigenvalue weighted by molar-refractivity contribution is 5.85.